The fraction of sp³-hybridized carbons (Fsp3) is 0. The number of carbonyl (C=O) groups is 2. The van der Waals surface area contributed by atoms with Crippen LogP contribution in [0.15, 0.2) is 51.7 Å². The van der Waals surface area contributed by atoms with Crippen molar-refractivity contribution in [1.29, 1.82) is 0 Å². The number of hydrogen-bond donors (Lipinski definition) is 1. The van der Waals surface area contributed by atoms with E-state index in [1.54, 1.807) is 0 Å². The lowest BCUT2D eigenvalue weighted by Gasteiger charge is -2.07. The minimum Gasteiger partial charge on any atom is -0.867 e. The SMILES string of the molecule is O=C(/C=C\C(Cl)=C(\[O-])C(=O)O)C(=C(Cl)Cl)c1ccc(Cl)cc1. The molecule has 0 amide bonds. The van der Waals surface area contributed by atoms with Crippen LogP contribution in [0, 0.1) is 0 Å². The first-order valence-electron chi connectivity index (χ1n) is 5.57. The van der Waals surface area contributed by atoms with Crippen molar-refractivity contribution < 1.29 is 19.8 Å². The highest BCUT2D eigenvalue weighted by Crippen LogP contribution is 2.27. The second-order valence-corrected chi connectivity index (χ2v) is 5.62. The van der Waals surface area contributed by atoms with Crippen molar-refractivity contribution in [2.75, 3.05) is 0 Å². The summed E-state index contributed by atoms with van der Waals surface area (Å²) in [4.78, 5) is 22.5. The summed E-state index contributed by atoms with van der Waals surface area (Å²) in [7, 11) is 0. The molecule has 22 heavy (non-hydrogen) atoms. The molecule has 1 rings (SSSR count). The Labute approximate surface area is 145 Å². The summed E-state index contributed by atoms with van der Waals surface area (Å²) in [5, 5.41) is 19.4. The summed E-state index contributed by atoms with van der Waals surface area (Å²) in [6, 6.07) is 6.14. The zero-order valence-electron chi connectivity index (χ0n) is 10.6. The molecule has 0 spiro atoms. The molecule has 1 N–H and O–H groups in total. The van der Waals surface area contributed by atoms with E-state index in [9.17, 15) is 14.7 Å². The van der Waals surface area contributed by atoms with Gasteiger partial charge in [-0.15, -0.1) is 0 Å². The van der Waals surface area contributed by atoms with Gasteiger partial charge in [-0.2, -0.15) is 0 Å². The topological polar surface area (TPSA) is 77.4 Å². The molecule has 0 aromatic heterocycles. The molecule has 0 fully saturated rings. The summed E-state index contributed by atoms with van der Waals surface area (Å²) in [5.74, 6) is -3.72. The molecule has 1 aromatic carbocycles. The molecule has 4 nitrogen and oxygen atoms in total. The first kappa shape index (κ1) is 18.6. The molecular formula is C14H7Cl4O4-. The fourth-order valence-electron chi connectivity index (χ4n) is 1.37. The van der Waals surface area contributed by atoms with Crippen LogP contribution < -0.4 is 5.11 Å². The molecule has 116 valence electrons. The standard InChI is InChI=1S/C14H8Cl4O4/c15-8-3-1-7(2-4-8)11(13(17)18)10(19)6-5-9(16)12(20)14(21)22/h1-6,20H,(H,21,22)/p-1/b6-5-,12-9-. The number of ketones is 1. The monoisotopic (exact) mass is 379 g/mol. The van der Waals surface area contributed by atoms with Crippen molar-refractivity contribution >= 4 is 63.7 Å². The van der Waals surface area contributed by atoms with E-state index in [0.29, 0.717) is 10.6 Å². The second kappa shape index (κ2) is 8.25. The predicted octanol–water partition coefficient (Wildman–Crippen LogP) is 3.51. The quantitative estimate of drug-likeness (QED) is 0.481. The van der Waals surface area contributed by atoms with Crippen molar-refractivity contribution in [1.82, 2.24) is 0 Å². The average Bonchev–Trinajstić information content (AvgIpc) is 2.45. The minimum absolute atomic E-state index is 0.0384. The van der Waals surface area contributed by atoms with E-state index in [4.69, 9.17) is 51.5 Å². The zero-order valence-corrected chi connectivity index (χ0v) is 13.7. The Balaban J connectivity index is 3.13. The highest BCUT2D eigenvalue weighted by Gasteiger charge is 2.14. The van der Waals surface area contributed by atoms with Gasteiger partial charge in [-0.25, -0.2) is 4.79 Å². The number of hydrogen-bond acceptors (Lipinski definition) is 3. The third-order valence-corrected chi connectivity index (χ3v) is 3.29. The number of rotatable bonds is 5. The third kappa shape index (κ3) is 5.07. The normalized spacial score (nSPS) is 12.0. The van der Waals surface area contributed by atoms with Crippen molar-refractivity contribution in [2.45, 2.75) is 0 Å². The zero-order chi connectivity index (χ0) is 16.9. The Morgan fingerprint density at radius 3 is 2.05 bits per heavy atom. The van der Waals surface area contributed by atoms with Gasteiger partial charge in [0.15, 0.2) is 5.78 Å². The minimum atomic E-state index is -1.73. The van der Waals surface area contributed by atoms with E-state index in [-0.39, 0.29) is 10.1 Å². The number of allylic oxidation sites excluding steroid dienone is 4. The molecule has 0 radical (unpaired) electrons. The molecule has 0 aliphatic carbocycles. The number of aliphatic carboxylic acids is 1. The molecule has 0 unspecified atom stereocenters. The number of halogens is 4. The Morgan fingerprint density at radius 1 is 1.05 bits per heavy atom. The van der Waals surface area contributed by atoms with Gasteiger partial charge < -0.3 is 10.2 Å². The number of carbonyl (C=O) groups excluding carboxylic acids is 1. The largest absolute Gasteiger partial charge is 0.867 e. The lowest BCUT2D eigenvalue weighted by molar-refractivity contribution is -0.303. The smallest absolute Gasteiger partial charge is 0.321 e. The molecule has 0 aliphatic heterocycles. The molecule has 1 aromatic rings. The number of benzene rings is 1. The molecule has 0 saturated carbocycles. The van der Waals surface area contributed by atoms with Gasteiger partial charge in [0, 0.05) is 10.1 Å². The van der Waals surface area contributed by atoms with Crippen LogP contribution in [0.3, 0.4) is 0 Å². The first-order chi connectivity index (χ1) is 10.2. The van der Waals surface area contributed by atoms with Crippen LogP contribution in [0.4, 0.5) is 0 Å². The van der Waals surface area contributed by atoms with Crippen molar-refractivity contribution in [3.63, 3.8) is 0 Å². The Hall–Kier alpha value is -1.46. The van der Waals surface area contributed by atoms with Crippen LogP contribution in [0.25, 0.3) is 5.57 Å². The summed E-state index contributed by atoms with van der Waals surface area (Å²) >= 11 is 22.6. The van der Waals surface area contributed by atoms with Crippen LogP contribution in [0.2, 0.25) is 5.02 Å². The van der Waals surface area contributed by atoms with Crippen molar-refractivity contribution in [3.8, 4) is 0 Å². The van der Waals surface area contributed by atoms with E-state index in [1.165, 1.54) is 24.3 Å². The summed E-state index contributed by atoms with van der Waals surface area (Å²) in [6.45, 7) is 0. The summed E-state index contributed by atoms with van der Waals surface area (Å²) in [5.41, 5.74) is 0.364. The van der Waals surface area contributed by atoms with E-state index in [0.717, 1.165) is 12.2 Å². The van der Waals surface area contributed by atoms with Gasteiger partial charge >= 0.3 is 5.97 Å². The van der Waals surface area contributed by atoms with Gasteiger partial charge in [-0.05, 0) is 35.6 Å². The summed E-state index contributed by atoms with van der Waals surface area (Å²) < 4.78 is -0.294. The third-order valence-electron chi connectivity index (χ3n) is 2.36. The second-order valence-electron chi connectivity index (χ2n) is 3.82. The molecule has 0 aliphatic rings. The van der Waals surface area contributed by atoms with Crippen LogP contribution >= 0.6 is 46.4 Å². The van der Waals surface area contributed by atoms with Gasteiger partial charge in [0.05, 0.1) is 5.57 Å². The number of carboxylic acid groups (broad SMARTS) is 1. The van der Waals surface area contributed by atoms with E-state index in [2.05, 4.69) is 0 Å². The Kier molecular flexibility index (Phi) is 6.97. The maximum atomic E-state index is 12.1. The average molecular weight is 381 g/mol. The lowest BCUT2D eigenvalue weighted by atomic mass is 10.0. The van der Waals surface area contributed by atoms with Crippen LogP contribution in [0.5, 0.6) is 0 Å². The van der Waals surface area contributed by atoms with Crippen LogP contribution in [0.1, 0.15) is 5.56 Å². The van der Waals surface area contributed by atoms with Crippen molar-refractivity contribution in [3.05, 3.63) is 62.3 Å². The molecular weight excluding hydrogens is 374 g/mol. The maximum absolute atomic E-state index is 12.1. The van der Waals surface area contributed by atoms with Crippen LogP contribution in [-0.4, -0.2) is 16.9 Å². The molecule has 8 heteroatoms. The van der Waals surface area contributed by atoms with E-state index in [1.807, 2.05) is 0 Å². The highest BCUT2D eigenvalue weighted by atomic mass is 35.5. The molecule has 0 atom stereocenters. The number of carboxylic acids is 1. The van der Waals surface area contributed by atoms with Gasteiger partial charge in [0.1, 0.15) is 4.49 Å². The van der Waals surface area contributed by atoms with Gasteiger partial charge in [0.2, 0.25) is 0 Å². The predicted molar refractivity (Wildman–Crippen MR) is 84.7 cm³/mol. The summed E-state index contributed by atoms with van der Waals surface area (Å²) in [6.07, 6.45) is 1.77. The fourth-order valence-corrected chi connectivity index (χ4v) is 2.05. The van der Waals surface area contributed by atoms with Gasteiger partial charge in [0.25, 0.3) is 0 Å². The molecule has 0 heterocycles. The molecule has 0 saturated heterocycles. The first-order valence-corrected chi connectivity index (χ1v) is 7.09. The Bertz CT molecular complexity index is 683. The highest BCUT2D eigenvalue weighted by molar-refractivity contribution is 6.62. The van der Waals surface area contributed by atoms with E-state index >= 15 is 0 Å². The molecule has 0 bridgehead atoms. The van der Waals surface area contributed by atoms with E-state index < -0.39 is 22.5 Å². The lowest BCUT2D eigenvalue weighted by Crippen LogP contribution is -2.15. The van der Waals surface area contributed by atoms with Gasteiger partial charge in [-0.1, -0.05) is 58.5 Å². The van der Waals surface area contributed by atoms with Crippen LogP contribution in [-0.2, 0) is 9.59 Å². The van der Waals surface area contributed by atoms with Gasteiger partial charge in [-0.3, -0.25) is 4.79 Å². The maximum Gasteiger partial charge on any atom is 0.321 e. The van der Waals surface area contributed by atoms with Crippen molar-refractivity contribution in [2.24, 2.45) is 0 Å². The Morgan fingerprint density at radius 2 is 1.59 bits per heavy atom.